The number of rotatable bonds is 1. The van der Waals surface area contributed by atoms with E-state index in [0.717, 1.165) is 0 Å². The number of nitrogens with zero attached hydrogens (tertiary/aromatic N) is 2. The first-order valence-electron chi connectivity index (χ1n) is 3.80. The Balaban J connectivity index is 2.96. The van der Waals surface area contributed by atoms with Crippen molar-refractivity contribution in [2.45, 2.75) is 0 Å². The molecule has 1 aromatic heterocycles. The van der Waals surface area contributed by atoms with E-state index < -0.39 is 5.82 Å². The van der Waals surface area contributed by atoms with Gasteiger partial charge in [0, 0.05) is 7.05 Å². The molecule has 0 spiro atoms. The Hall–Kier alpha value is -1.71. The number of aldehydes is 1. The van der Waals surface area contributed by atoms with Crippen LogP contribution in [0.5, 0.6) is 0 Å². The van der Waals surface area contributed by atoms with Gasteiger partial charge in [0.1, 0.15) is 11.5 Å². The molecule has 4 heteroatoms. The zero-order valence-corrected chi connectivity index (χ0v) is 6.99. The summed E-state index contributed by atoms with van der Waals surface area (Å²) in [6.45, 7) is 0. The first-order valence-corrected chi connectivity index (χ1v) is 3.80. The van der Waals surface area contributed by atoms with Gasteiger partial charge in [0.15, 0.2) is 6.29 Å². The molecule has 13 heavy (non-hydrogen) atoms. The summed E-state index contributed by atoms with van der Waals surface area (Å²) >= 11 is 0. The summed E-state index contributed by atoms with van der Waals surface area (Å²) in [5.41, 5.74) is 0.776. The molecule has 1 heterocycles. The molecule has 0 saturated heterocycles. The highest BCUT2D eigenvalue weighted by atomic mass is 19.1. The average molecular weight is 178 g/mol. The Labute approximate surface area is 73.8 Å². The number of halogens is 1. The Kier molecular flexibility index (Phi) is 1.62. The summed E-state index contributed by atoms with van der Waals surface area (Å²) in [5.74, 6) is -0.410. The maximum atomic E-state index is 13.2. The number of hydrogen-bond donors (Lipinski definition) is 0. The van der Waals surface area contributed by atoms with E-state index in [1.54, 1.807) is 19.2 Å². The van der Waals surface area contributed by atoms with Crippen molar-refractivity contribution in [1.29, 1.82) is 0 Å². The van der Waals surface area contributed by atoms with Crippen LogP contribution < -0.4 is 0 Å². The number of aromatic nitrogens is 2. The van der Waals surface area contributed by atoms with Gasteiger partial charge in [-0.05, 0) is 12.1 Å². The lowest BCUT2D eigenvalue weighted by Gasteiger charge is -1.92. The lowest BCUT2D eigenvalue weighted by molar-refractivity contribution is 0.111. The molecule has 1 aromatic carbocycles. The van der Waals surface area contributed by atoms with Crippen LogP contribution in [0.3, 0.4) is 0 Å². The van der Waals surface area contributed by atoms with E-state index in [2.05, 4.69) is 5.10 Å². The predicted molar refractivity (Wildman–Crippen MR) is 46.1 cm³/mol. The molecule has 2 rings (SSSR count). The predicted octanol–water partition coefficient (Wildman–Crippen LogP) is 1.52. The van der Waals surface area contributed by atoms with Gasteiger partial charge >= 0.3 is 0 Å². The smallest absolute Gasteiger partial charge is 0.171 e. The van der Waals surface area contributed by atoms with Crippen LogP contribution in [-0.4, -0.2) is 16.1 Å². The third kappa shape index (κ3) is 1.02. The summed E-state index contributed by atoms with van der Waals surface area (Å²) in [6, 6.07) is 4.63. The summed E-state index contributed by atoms with van der Waals surface area (Å²) in [5, 5.41) is 4.17. The third-order valence-electron chi connectivity index (χ3n) is 1.97. The summed E-state index contributed by atoms with van der Waals surface area (Å²) < 4.78 is 14.7. The molecule has 0 unspecified atom stereocenters. The molecule has 0 aliphatic carbocycles. The van der Waals surface area contributed by atoms with Crippen molar-refractivity contribution < 1.29 is 9.18 Å². The fraction of sp³-hybridized carbons (Fsp3) is 0.111. The Morgan fingerprint density at radius 3 is 3.00 bits per heavy atom. The minimum absolute atomic E-state index is 0.149. The first kappa shape index (κ1) is 7.91. The van der Waals surface area contributed by atoms with Crippen molar-refractivity contribution in [1.82, 2.24) is 9.78 Å². The second kappa shape index (κ2) is 2.65. The fourth-order valence-corrected chi connectivity index (χ4v) is 1.38. The molecule has 3 nitrogen and oxygen atoms in total. The minimum atomic E-state index is -0.410. The number of fused-ring (bicyclic) bond motifs is 1. The molecular weight excluding hydrogens is 171 g/mol. The summed E-state index contributed by atoms with van der Waals surface area (Å²) in [6.07, 6.45) is 0.561. The normalized spacial score (nSPS) is 10.6. The maximum Gasteiger partial charge on any atom is 0.171 e. The van der Waals surface area contributed by atoms with Crippen LogP contribution in [0.1, 0.15) is 10.5 Å². The van der Waals surface area contributed by atoms with Gasteiger partial charge in [-0.2, -0.15) is 5.10 Å². The van der Waals surface area contributed by atoms with Crippen molar-refractivity contribution in [3.8, 4) is 0 Å². The number of aryl methyl sites for hydroxylation is 1. The van der Waals surface area contributed by atoms with Crippen molar-refractivity contribution >= 4 is 17.2 Å². The van der Waals surface area contributed by atoms with E-state index in [1.165, 1.54) is 10.7 Å². The SMILES string of the molecule is Cn1nc(C=O)c2c(F)cccc21. The highest BCUT2D eigenvalue weighted by Gasteiger charge is 2.10. The Morgan fingerprint density at radius 2 is 2.31 bits per heavy atom. The van der Waals surface area contributed by atoms with Gasteiger partial charge in [-0.1, -0.05) is 6.07 Å². The molecule has 66 valence electrons. The van der Waals surface area contributed by atoms with E-state index in [0.29, 0.717) is 17.2 Å². The monoisotopic (exact) mass is 178 g/mol. The van der Waals surface area contributed by atoms with E-state index in [1.807, 2.05) is 0 Å². The van der Waals surface area contributed by atoms with Gasteiger partial charge in [0.25, 0.3) is 0 Å². The quantitative estimate of drug-likeness (QED) is 0.620. The Morgan fingerprint density at radius 1 is 1.54 bits per heavy atom. The van der Waals surface area contributed by atoms with E-state index >= 15 is 0 Å². The van der Waals surface area contributed by atoms with Crippen LogP contribution in [0.4, 0.5) is 4.39 Å². The van der Waals surface area contributed by atoms with Gasteiger partial charge in [-0.15, -0.1) is 0 Å². The van der Waals surface area contributed by atoms with Crippen LogP contribution in [0, 0.1) is 5.82 Å². The van der Waals surface area contributed by atoms with E-state index in [4.69, 9.17) is 0 Å². The molecular formula is C9H7FN2O. The molecule has 0 bridgehead atoms. The molecule has 0 fully saturated rings. The first-order chi connectivity index (χ1) is 6.24. The second-order valence-electron chi connectivity index (χ2n) is 2.76. The highest BCUT2D eigenvalue weighted by molar-refractivity contribution is 5.95. The molecule has 0 atom stereocenters. The second-order valence-corrected chi connectivity index (χ2v) is 2.76. The molecule has 0 N–H and O–H groups in total. The van der Waals surface area contributed by atoms with Gasteiger partial charge in [-0.3, -0.25) is 9.48 Å². The van der Waals surface area contributed by atoms with Crippen molar-refractivity contribution in [2.75, 3.05) is 0 Å². The number of hydrogen-bond acceptors (Lipinski definition) is 2. The molecule has 0 amide bonds. The van der Waals surface area contributed by atoms with Gasteiger partial charge in [0.05, 0.1) is 10.9 Å². The molecule has 0 radical (unpaired) electrons. The zero-order chi connectivity index (χ0) is 9.42. The van der Waals surface area contributed by atoms with Gasteiger partial charge in [-0.25, -0.2) is 4.39 Å². The largest absolute Gasteiger partial charge is 0.296 e. The number of carbonyl (C=O) groups excluding carboxylic acids is 1. The average Bonchev–Trinajstić information content (AvgIpc) is 2.45. The van der Waals surface area contributed by atoms with Crippen LogP contribution >= 0.6 is 0 Å². The topological polar surface area (TPSA) is 34.9 Å². The number of benzene rings is 1. The fourth-order valence-electron chi connectivity index (χ4n) is 1.38. The lowest BCUT2D eigenvalue weighted by atomic mass is 10.2. The Bertz CT molecular complexity index is 476. The standard InChI is InChI=1S/C9H7FN2O/c1-12-8-4-2-3-6(10)9(8)7(5-13)11-12/h2-5H,1H3. The third-order valence-corrected chi connectivity index (χ3v) is 1.97. The summed E-state index contributed by atoms with van der Waals surface area (Å²) in [7, 11) is 1.68. The molecule has 2 aromatic rings. The summed E-state index contributed by atoms with van der Waals surface area (Å²) in [4.78, 5) is 10.5. The molecule has 0 aliphatic rings. The molecule has 0 saturated carbocycles. The highest BCUT2D eigenvalue weighted by Crippen LogP contribution is 2.19. The van der Waals surface area contributed by atoms with Crippen LogP contribution in [0.25, 0.3) is 10.9 Å². The molecule has 0 aliphatic heterocycles. The van der Waals surface area contributed by atoms with Gasteiger partial charge < -0.3 is 0 Å². The van der Waals surface area contributed by atoms with Crippen molar-refractivity contribution in [3.05, 3.63) is 29.7 Å². The van der Waals surface area contributed by atoms with Crippen LogP contribution in [0.2, 0.25) is 0 Å². The van der Waals surface area contributed by atoms with Crippen molar-refractivity contribution in [3.63, 3.8) is 0 Å². The zero-order valence-electron chi connectivity index (χ0n) is 6.99. The lowest BCUT2D eigenvalue weighted by Crippen LogP contribution is -1.90. The minimum Gasteiger partial charge on any atom is -0.296 e. The number of carbonyl (C=O) groups is 1. The van der Waals surface area contributed by atoms with E-state index in [9.17, 15) is 9.18 Å². The van der Waals surface area contributed by atoms with Crippen LogP contribution in [-0.2, 0) is 7.05 Å². The van der Waals surface area contributed by atoms with Gasteiger partial charge in [0.2, 0.25) is 0 Å². The van der Waals surface area contributed by atoms with E-state index in [-0.39, 0.29) is 5.69 Å². The van der Waals surface area contributed by atoms with Crippen LogP contribution in [0.15, 0.2) is 18.2 Å². The maximum absolute atomic E-state index is 13.2. The van der Waals surface area contributed by atoms with Crippen molar-refractivity contribution in [2.24, 2.45) is 7.05 Å².